The number of ether oxygens (including phenoxy) is 5. The molecule has 0 saturated carbocycles. The van der Waals surface area contributed by atoms with Crippen molar-refractivity contribution in [3.8, 4) is 28.7 Å². The van der Waals surface area contributed by atoms with Crippen molar-refractivity contribution in [3.63, 3.8) is 0 Å². The molecule has 0 spiro atoms. The van der Waals surface area contributed by atoms with Crippen LogP contribution in [0.4, 0.5) is 0 Å². The molecule has 0 fully saturated rings. The fourth-order valence-electron chi connectivity index (χ4n) is 4.18. The second kappa shape index (κ2) is 12.0. The van der Waals surface area contributed by atoms with Crippen LogP contribution in [0, 0.1) is 0 Å². The van der Waals surface area contributed by atoms with Gasteiger partial charge in [0.05, 0.1) is 20.6 Å². The fraction of sp³-hybridized carbons (Fsp3) is 0.480. The van der Waals surface area contributed by atoms with E-state index in [1.807, 2.05) is 35.2 Å². The van der Waals surface area contributed by atoms with Gasteiger partial charge in [0.25, 0.3) is 0 Å². The first-order valence-corrected chi connectivity index (χ1v) is 11.3. The number of likely N-dealkylation sites (N-methyl/N-ethyl adjacent to an activating group) is 1. The number of methoxy groups -OCH3 is 2. The highest BCUT2D eigenvalue weighted by atomic mass is 35.5. The predicted octanol–water partition coefficient (Wildman–Crippen LogP) is 3.18. The molecule has 2 aliphatic rings. The van der Waals surface area contributed by atoms with Crippen molar-refractivity contribution in [2.24, 2.45) is 0 Å². The average molecular weight is 493 g/mol. The zero-order chi connectivity index (χ0) is 23.2. The minimum Gasteiger partial charge on any atom is -0.493 e. The van der Waals surface area contributed by atoms with Gasteiger partial charge in [-0.25, -0.2) is 0 Å². The molecule has 1 amide bonds. The SMILES string of the molecule is COc1cc2c(cc1OC)CC(=O)N(CCCN(C)CCOc1ccc3c(c1)OCO3)CC2.Cl. The number of nitrogens with zero attached hydrogens (tertiary/aromatic N) is 2. The molecule has 2 heterocycles. The van der Waals surface area contributed by atoms with Crippen LogP contribution in [0.5, 0.6) is 28.7 Å². The molecule has 0 aliphatic carbocycles. The highest BCUT2D eigenvalue weighted by Crippen LogP contribution is 2.35. The van der Waals surface area contributed by atoms with E-state index in [9.17, 15) is 4.79 Å². The summed E-state index contributed by atoms with van der Waals surface area (Å²) in [5.74, 6) is 3.79. The highest BCUT2D eigenvalue weighted by molar-refractivity contribution is 5.85. The van der Waals surface area contributed by atoms with Crippen molar-refractivity contribution in [1.29, 1.82) is 0 Å². The summed E-state index contributed by atoms with van der Waals surface area (Å²) < 4.78 is 27.4. The van der Waals surface area contributed by atoms with E-state index in [-0.39, 0.29) is 25.1 Å². The van der Waals surface area contributed by atoms with E-state index in [0.717, 1.165) is 67.4 Å². The molecular weight excluding hydrogens is 460 g/mol. The molecule has 0 radical (unpaired) electrons. The lowest BCUT2D eigenvalue weighted by Crippen LogP contribution is -2.35. The quantitative estimate of drug-likeness (QED) is 0.504. The fourth-order valence-corrected chi connectivity index (χ4v) is 4.18. The summed E-state index contributed by atoms with van der Waals surface area (Å²) >= 11 is 0. The molecule has 0 N–H and O–H groups in total. The van der Waals surface area contributed by atoms with Gasteiger partial charge in [-0.15, -0.1) is 12.4 Å². The third-order valence-electron chi connectivity index (χ3n) is 6.10. The average Bonchev–Trinajstić information content (AvgIpc) is 3.23. The molecular formula is C25H33ClN2O6. The van der Waals surface area contributed by atoms with Gasteiger partial charge in [0.1, 0.15) is 12.4 Å². The Morgan fingerprint density at radius 1 is 1.00 bits per heavy atom. The molecule has 0 aromatic heterocycles. The van der Waals surface area contributed by atoms with E-state index < -0.39 is 0 Å². The molecule has 2 aromatic rings. The zero-order valence-electron chi connectivity index (χ0n) is 20.0. The van der Waals surface area contributed by atoms with E-state index in [2.05, 4.69) is 11.9 Å². The molecule has 2 aromatic carbocycles. The molecule has 0 unspecified atom stereocenters. The Balaban J connectivity index is 0.00000324. The summed E-state index contributed by atoms with van der Waals surface area (Å²) in [6, 6.07) is 9.55. The number of hydrogen-bond donors (Lipinski definition) is 0. The van der Waals surface area contributed by atoms with Gasteiger partial charge >= 0.3 is 0 Å². The minimum absolute atomic E-state index is 0. The molecule has 8 nitrogen and oxygen atoms in total. The predicted molar refractivity (Wildman–Crippen MR) is 131 cm³/mol. The molecule has 4 rings (SSSR count). The Morgan fingerprint density at radius 2 is 1.74 bits per heavy atom. The van der Waals surface area contributed by atoms with Crippen LogP contribution < -0.4 is 23.7 Å². The molecule has 0 saturated heterocycles. The van der Waals surface area contributed by atoms with Crippen LogP contribution >= 0.6 is 12.4 Å². The van der Waals surface area contributed by atoms with Crippen molar-refractivity contribution >= 4 is 18.3 Å². The van der Waals surface area contributed by atoms with Gasteiger partial charge in [0.15, 0.2) is 23.0 Å². The zero-order valence-corrected chi connectivity index (χ0v) is 20.8. The van der Waals surface area contributed by atoms with Crippen LogP contribution in [0.25, 0.3) is 0 Å². The van der Waals surface area contributed by atoms with Gasteiger partial charge in [-0.2, -0.15) is 0 Å². The molecule has 0 bridgehead atoms. The third kappa shape index (κ3) is 6.18. The highest BCUT2D eigenvalue weighted by Gasteiger charge is 2.22. The van der Waals surface area contributed by atoms with Crippen LogP contribution in [0.15, 0.2) is 30.3 Å². The van der Waals surface area contributed by atoms with E-state index in [0.29, 0.717) is 24.5 Å². The van der Waals surface area contributed by atoms with Gasteiger partial charge in [-0.3, -0.25) is 4.79 Å². The van der Waals surface area contributed by atoms with Gasteiger partial charge in [-0.1, -0.05) is 0 Å². The van der Waals surface area contributed by atoms with Crippen LogP contribution in [-0.4, -0.2) is 76.6 Å². The summed E-state index contributed by atoms with van der Waals surface area (Å²) in [6.07, 6.45) is 2.13. The molecule has 9 heteroatoms. The molecule has 186 valence electrons. The maximum Gasteiger partial charge on any atom is 0.231 e. The van der Waals surface area contributed by atoms with E-state index in [4.69, 9.17) is 23.7 Å². The van der Waals surface area contributed by atoms with Crippen LogP contribution in [0.2, 0.25) is 0 Å². The second-order valence-electron chi connectivity index (χ2n) is 8.30. The lowest BCUT2D eigenvalue weighted by Gasteiger charge is -2.23. The maximum absolute atomic E-state index is 12.8. The summed E-state index contributed by atoms with van der Waals surface area (Å²) in [7, 11) is 5.32. The third-order valence-corrected chi connectivity index (χ3v) is 6.10. The number of benzene rings is 2. The number of carbonyl (C=O) groups excluding carboxylic acids is 1. The van der Waals surface area contributed by atoms with Gasteiger partial charge in [0.2, 0.25) is 12.7 Å². The van der Waals surface area contributed by atoms with Crippen molar-refractivity contribution in [3.05, 3.63) is 41.5 Å². The number of rotatable bonds is 10. The first kappa shape index (κ1) is 25.8. The van der Waals surface area contributed by atoms with E-state index in [1.54, 1.807) is 14.2 Å². The monoisotopic (exact) mass is 492 g/mol. The first-order valence-electron chi connectivity index (χ1n) is 11.3. The van der Waals surface area contributed by atoms with Crippen LogP contribution in [-0.2, 0) is 17.6 Å². The Labute approximate surface area is 207 Å². The summed E-state index contributed by atoms with van der Waals surface area (Å²) in [5, 5.41) is 0. The van der Waals surface area contributed by atoms with Gasteiger partial charge in [-0.05, 0) is 61.8 Å². The van der Waals surface area contributed by atoms with Crippen LogP contribution in [0.3, 0.4) is 0 Å². The number of hydrogen-bond acceptors (Lipinski definition) is 7. The maximum atomic E-state index is 12.8. The van der Waals surface area contributed by atoms with Crippen molar-refractivity contribution < 1.29 is 28.5 Å². The summed E-state index contributed by atoms with van der Waals surface area (Å²) in [6.45, 7) is 4.00. The Kier molecular flexibility index (Phi) is 9.12. The Hall–Kier alpha value is -2.84. The van der Waals surface area contributed by atoms with Gasteiger partial charge < -0.3 is 33.5 Å². The normalized spacial score (nSPS) is 14.4. The number of amides is 1. The summed E-state index contributed by atoms with van der Waals surface area (Å²) in [4.78, 5) is 17.0. The number of fused-ring (bicyclic) bond motifs is 2. The van der Waals surface area contributed by atoms with E-state index in [1.165, 1.54) is 0 Å². The molecule has 0 atom stereocenters. The largest absolute Gasteiger partial charge is 0.493 e. The lowest BCUT2D eigenvalue weighted by atomic mass is 10.0. The minimum atomic E-state index is 0. The second-order valence-corrected chi connectivity index (χ2v) is 8.30. The molecule has 2 aliphatic heterocycles. The summed E-state index contributed by atoms with van der Waals surface area (Å²) in [5.41, 5.74) is 2.18. The van der Waals surface area contributed by atoms with Gasteiger partial charge in [0, 0.05) is 25.7 Å². The van der Waals surface area contributed by atoms with Crippen molar-refractivity contribution in [2.75, 3.05) is 60.8 Å². The Bertz CT molecular complexity index is 986. The topological polar surface area (TPSA) is 69.7 Å². The van der Waals surface area contributed by atoms with Crippen molar-refractivity contribution in [1.82, 2.24) is 9.80 Å². The Morgan fingerprint density at radius 3 is 2.50 bits per heavy atom. The lowest BCUT2D eigenvalue weighted by molar-refractivity contribution is -0.130. The van der Waals surface area contributed by atoms with Crippen LogP contribution in [0.1, 0.15) is 17.5 Å². The first-order chi connectivity index (χ1) is 16.1. The number of halogens is 1. The van der Waals surface area contributed by atoms with E-state index >= 15 is 0 Å². The van der Waals surface area contributed by atoms with Crippen molar-refractivity contribution in [2.45, 2.75) is 19.3 Å². The number of carbonyl (C=O) groups is 1. The standard InChI is InChI=1S/C25H32N2O6.ClH/c1-26(11-12-31-20-5-6-21-24(16-20)33-17-32-21)8-4-9-27-10-7-18-13-22(29-2)23(30-3)14-19(18)15-25(27)28;/h5-6,13-14,16H,4,7-12,15,17H2,1-3H3;1H. The molecule has 34 heavy (non-hydrogen) atoms. The smallest absolute Gasteiger partial charge is 0.231 e.